The van der Waals surface area contributed by atoms with Gasteiger partial charge in [-0.15, -0.1) is 0 Å². The van der Waals surface area contributed by atoms with Gasteiger partial charge in [0, 0.05) is 58.2 Å². The monoisotopic (exact) mass is 411 g/mol. The third kappa shape index (κ3) is 7.15. The minimum atomic E-state index is 0.573. The van der Waals surface area contributed by atoms with E-state index in [2.05, 4.69) is 70.7 Å². The Balaban J connectivity index is 1.53. The van der Waals surface area contributed by atoms with Crippen LogP contribution >= 0.6 is 0 Å². The van der Waals surface area contributed by atoms with Gasteiger partial charge in [0.25, 0.3) is 0 Å². The molecule has 1 aromatic heterocycles. The molecule has 164 valence electrons. The van der Waals surface area contributed by atoms with Gasteiger partial charge >= 0.3 is 0 Å². The van der Waals surface area contributed by atoms with E-state index < -0.39 is 0 Å². The van der Waals surface area contributed by atoms with Gasteiger partial charge in [0.2, 0.25) is 0 Å². The van der Waals surface area contributed by atoms with Crippen LogP contribution in [-0.2, 0) is 13.1 Å². The first-order valence-corrected chi connectivity index (χ1v) is 11.1. The van der Waals surface area contributed by atoms with Gasteiger partial charge in [0.05, 0.1) is 13.1 Å². The lowest BCUT2D eigenvalue weighted by atomic mass is 10.1. The molecule has 1 unspecified atom stereocenters. The van der Waals surface area contributed by atoms with Crippen molar-refractivity contribution >= 4 is 5.96 Å². The maximum Gasteiger partial charge on any atom is 0.191 e. The van der Waals surface area contributed by atoms with Crippen LogP contribution in [0.15, 0.2) is 47.7 Å². The minimum absolute atomic E-state index is 0.573. The fraction of sp³-hybridized carbons (Fsp3) is 0.565. The number of hydrogen-bond acceptors (Lipinski definition) is 4. The summed E-state index contributed by atoms with van der Waals surface area (Å²) < 4.78 is 1.95. The number of aliphatic imine (C=N–C) groups is 1. The van der Waals surface area contributed by atoms with E-state index in [9.17, 15) is 0 Å². The maximum atomic E-state index is 4.85. The third-order valence-electron chi connectivity index (χ3n) is 5.55. The third-order valence-corrected chi connectivity index (χ3v) is 5.55. The Hall–Kier alpha value is -2.38. The zero-order valence-electron chi connectivity index (χ0n) is 18.7. The van der Waals surface area contributed by atoms with Crippen LogP contribution < -0.4 is 10.6 Å². The topological polar surface area (TPSA) is 60.7 Å². The molecule has 0 amide bonds. The second kappa shape index (κ2) is 11.7. The second-order valence-electron chi connectivity index (χ2n) is 8.26. The van der Waals surface area contributed by atoms with Gasteiger partial charge in [0.15, 0.2) is 5.96 Å². The molecule has 1 aromatic carbocycles. The molecule has 1 fully saturated rings. The van der Waals surface area contributed by atoms with Crippen molar-refractivity contribution in [2.24, 2.45) is 10.9 Å². The van der Waals surface area contributed by atoms with Gasteiger partial charge in [0.1, 0.15) is 0 Å². The van der Waals surface area contributed by atoms with Gasteiger partial charge in [-0.1, -0.05) is 31.2 Å². The number of aromatic nitrogens is 2. The smallest absolute Gasteiger partial charge is 0.191 e. The van der Waals surface area contributed by atoms with Crippen LogP contribution in [0.2, 0.25) is 0 Å². The molecular weight excluding hydrogens is 374 g/mol. The molecule has 0 radical (unpaired) electrons. The molecule has 2 aromatic rings. The zero-order valence-corrected chi connectivity index (χ0v) is 18.7. The highest BCUT2D eigenvalue weighted by molar-refractivity contribution is 5.79. The van der Waals surface area contributed by atoms with Crippen molar-refractivity contribution in [2.75, 3.05) is 52.9 Å². The summed E-state index contributed by atoms with van der Waals surface area (Å²) in [5.41, 5.74) is 2.49. The lowest BCUT2D eigenvalue weighted by Crippen LogP contribution is -2.47. The number of guanidine groups is 1. The number of likely N-dealkylation sites (N-methyl/N-ethyl adjacent to an activating group) is 1. The van der Waals surface area contributed by atoms with Crippen LogP contribution in [0, 0.1) is 5.92 Å². The zero-order chi connectivity index (χ0) is 21.2. The van der Waals surface area contributed by atoms with E-state index in [1.165, 1.54) is 37.3 Å². The van der Waals surface area contributed by atoms with Crippen molar-refractivity contribution in [3.05, 3.63) is 53.9 Å². The van der Waals surface area contributed by atoms with Gasteiger partial charge in [-0.05, 0) is 37.1 Å². The second-order valence-corrected chi connectivity index (χ2v) is 8.26. The first kappa shape index (κ1) is 22.3. The number of piperazine rings is 1. The van der Waals surface area contributed by atoms with Crippen LogP contribution in [0.1, 0.15) is 25.0 Å². The summed E-state index contributed by atoms with van der Waals surface area (Å²) >= 11 is 0. The van der Waals surface area contributed by atoms with E-state index in [0.717, 1.165) is 32.1 Å². The summed E-state index contributed by atoms with van der Waals surface area (Å²) in [5, 5.41) is 11.2. The summed E-state index contributed by atoms with van der Waals surface area (Å²) in [7, 11) is 2.20. The highest BCUT2D eigenvalue weighted by Crippen LogP contribution is 2.12. The van der Waals surface area contributed by atoms with Gasteiger partial charge < -0.3 is 20.4 Å². The van der Waals surface area contributed by atoms with Gasteiger partial charge in [-0.25, -0.2) is 4.99 Å². The first-order chi connectivity index (χ1) is 14.6. The van der Waals surface area contributed by atoms with E-state index in [0.29, 0.717) is 12.5 Å². The molecule has 0 bridgehead atoms. The summed E-state index contributed by atoms with van der Waals surface area (Å²) in [4.78, 5) is 9.82. The van der Waals surface area contributed by atoms with E-state index in [1.807, 2.05) is 23.1 Å². The fourth-order valence-corrected chi connectivity index (χ4v) is 3.75. The molecule has 2 heterocycles. The number of nitrogens with one attached hydrogen (secondary N) is 2. The van der Waals surface area contributed by atoms with Crippen molar-refractivity contribution in [2.45, 2.75) is 26.9 Å². The Morgan fingerprint density at radius 3 is 2.57 bits per heavy atom. The molecule has 1 aliphatic rings. The quantitative estimate of drug-likeness (QED) is 0.487. The highest BCUT2D eigenvalue weighted by atomic mass is 15.3. The Morgan fingerprint density at radius 2 is 1.87 bits per heavy atom. The average Bonchev–Trinajstić information content (AvgIpc) is 3.26. The molecular formula is C23H37N7. The molecule has 3 rings (SSSR count). The highest BCUT2D eigenvalue weighted by Gasteiger charge is 2.16. The predicted octanol–water partition coefficient (Wildman–Crippen LogP) is 1.87. The summed E-state index contributed by atoms with van der Waals surface area (Å²) in [6.07, 6.45) is 3.81. The van der Waals surface area contributed by atoms with Crippen molar-refractivity contribution in [1.82, 2.24) is 30.2 Å². The molecule has 0 spiro atoms. The van der Waals surface area contributed by atoms with Crippen molar-refractivity contribution in [3.8, 4) is 0 Å². The largest absolute Gasteiger partial charge is 0.357 e. The van der Waals surface area contributed by atoms with Crippen LogP contribution in [0.5, 0.6) is 0 Å². The molecule has 7 heteroatoms. The molecule has 2 N–H and O–H groups in total. The Labute approximate surface area is 181 Å². The molecule has 7 nitrogen and oxygen atoms in total. The van der Waals surface area contributed by atoms with E-state index >= 15 is 0 Å². The Bertz CT molecular complexity index is 764. The first-order valence-electron chi connectivity index (χ1n) is 11.1. The molecule has 1 atom stereocenters. The van der Waals surface area contributed by atoms with Crippen molar-refractivity contribution in [3.63, 3.8) is 0 Å². The molecule has 0 aliphatic carbocycles. The van der Waals surface area contributed by atoms with E-state index in [4.69, 9.17) is 4.99 Å². The van der Waals surface area contributed by atoms with Crippen LogP contribution in [0.4, 0.5) is 0 Å². The molecule has 1 aliphatic heterocycles. The number of nitrogens with zero attached hydrogens (tertiary/aromatic N) is 5. The van der Waals surface area contributed by atoms with Crippen molar-refractivity contribution < 1.29 is 0 Å². The lowest BCUT2D eigenvalue weighted by Gasteiger charge is -2.34. The maximum absolute atomic E-state index is 4.85. The number of hydrogen-bond donors (Lipinski definition) is 2. The predicted molar refractivity (Wildman–Crippen MR) is 124 cm³/mol. The minimum Gasteiger partial charge on any atom is -0.357 e. The van der Waals surface area contributed by atoms with E-state index in [-0.39, 0.29) is 0 Å². The fourth-order valence-electron chi connectivity index (χ4n) is 3.75. The van der Waals surface area contributed by atoms with Crippen LogP contribution in [0.25, 0.3) is 0 Å². The summed E-state index contributed by atoms with van der Waals surface area (Å²) in [6.45, 7) is 13.4. The van der Waals surface area contributed by atoms with Crippen LogP contribution in [0.3, 0.4) is 0 Å². The lowest BCUT2D eigenvalue weighted by molar-refractivity contribution is 0.139. The SMILES string of the molecule is CCNC(=NCc1ccccc1Cn1cccn1)NCC(C)CN1CCN(C)CC1. The van der Waals surface area contributed by atoms with Gasteiger partial charge in [-0.2, -0.15) is 5.10 Å². The van der Waals surface area contributed by atoms with Crippen LogP contribution in [-0.4, -0.2) is 78.4 Å². The Kier molecular flexibility index (Phi) is 8.71. The normalized spacial score (nSPS) is 17.1. The summed E-state index contributed by atoms with van der Waals surface area (Å²) in [6, 6.07) is 10.4. The van der Waals surface area contributed by atoms with E-state index in [1.54, 1.807) is 0 Å². The standard InChI is InChI=1S/C23H37N7/c1-4-24-23(25-16-20(2)18-29-14-12-28(3)13-15-29)26-17-21-8-5-6-9-22(21)19-30-11-7-10-27-30/h5-11,20H,4,12-19H2,1-3H3,(H2,24,25,26). The van der Waals surface area contributed by atoms with Crippen molar-refractivity contribution in [1.29, 1.82) is 0 Å². The molecule has 1 saturated heterocycles. The number of rotatable bonds is 9. The number of benzene rings is 1. The Morgan fingerprint density at radius 1 is 1.10 bits per heavy atom. The summed E-state index contributed by atoms with van der Waals surface area (Å²) in [5.74, 6) is 1.46. The molecule has 0 saturated carbocycles. The van der Waals surface area contributed by atoms with Gasteiger partial charge in [-0.3, -0.25) is 4.68 Å². The molecule has 30 heavy (non-hydrogen) atoms. The average molecular weight is 412 g/mol.